The van der Waals surface area contributed by atoms with Crippen molar-refractivity contribution < 1.29 is 13.6 Å². The number of fused-ring (bicyclic) bond motifs is 1. The number of hydrogen-bond donors (Lipinski definition) is 0. The van der Waals surface area contributed by atoms with Crippen LogP contribution in [0.25, 0.3) is 0 Å². The zero-order valence-electron chi connectivity index (χ0n) is 19.3. The van der Waals surface area contributed by atoms with E-state index in [1.807, 2.05) is 6.08 Å². The molecule has 0 aliphatic heterocycles. The highest BCUT2D eigenvalue weighted by Gasteiger charge is 2.28. The van der Waals surface area contributed by atoms with Gasteiger partial charge in [-0.15, -0.1) is 0 Å². The molecule has 0 radical (unpaired) electrons. The lowest BCUT2D eigenvalue weighted by molar-refractivity contribution is -0.114. The quantitative estimate of drug-likeness (QED) is 0.420. The van der Waals surface area contributed by atoms with E-state index >= 15 is 0 Å². The molecule has 0 bridgehead atoms. The third kappa shape index (κ3) is 5.65. The van der Waals surface area contributed by atoms with Crippen molar-refractivity contribution in [2.45, 2.75) is 51.9 Å². The molecule has 0 N–H and O–H groups in total. The second kappa shape index (κ2) is 10.2. The zero-order chi connectivity index (χ0) is 23.4. The molecule has 0 saturated carbocycles. The fraction of sp³-hybridized carbons (Fsp3) is 0.300. The Hall–Kier alpha value is -3.07. The number of rotatable bonds is 6. The third-order valence-electron chi connectivity index (χ3n) is 6.73. The van der Waals surface area contributed by atoms with Gasteiger partial charge in [-0.3, -0.25) is 4.79 Å². The number of carbonyl (C=O) groups excluding carboxylic acids is 1. The monoisotopic (exact) mass is 444 g/mol. The normalized spacial score (nSPS) is 20.5. The smallest absolute Gasteiger partial charge is 0.155 e. The molecule has 170 valence electrons. The minimum absolute atomic E-state index is 0.0290. The number of aryl methyl sites for hydroxylation is 1. The van der Waals surface area contributed by atoms with Crippen LogP contribution in [-0.4, -0.2) is 5.78 Å². The predicted octanol–water partition coefficient (Wildman–Crippen LogP) is 7.59. The van der Waals surface area contributed by atoms with Crippen molar-refractivity contribution in [1.29, 1.82) is 0 Å². The van der Waals surface area contributed by atoms with Crippen LogP contribution in [0.15, 0.2) is 89.6 Å². The van der Waals surface area contributed by atoms with E-state index in [1.165, 1.54) is 40.0 Å². The molecule has 2 aromatic rings. The average molecular weight is 445 g/mol. The van der Waals surface area contributed by atoms with Crippen LogP contribution in [0.2, 0.25) is 0 Å². The van der Waals surface area contributed by atoms with Crippen molar-refractivity contribution in [3.63, 3.8) is 0 Å². The summed E-state index contributed by atoms with van der Waals surface area (Å²) < 4.78 is 26.9. The second-order valence-electron chi connectivity index (χ2n) is 9.30. The van der Waals surface area contributed by atoms with E-state index in [0.29, 0.717) is 11.5 Å². The summed E-state index contributed by atoms with van der Waals surface area (Å²) in [6, 6.07) is 12.1. The molecule has 3 heteroatoms. The summed E-state index contributed by atoms with van der Waals surface area (Å²) in [6.07, 6.45) is 13.6. The number of allylic oxidation sites excluding steroid dienone is 8. The van der Waals surface area contributed by atoms with E-state index < -0.39 is 11.6 Å². The predicted molar refractivity (Wildman–Crippen MR) is 130 cm³/mol. The highest BCUT2D eigenvalue weighted by atomic mass is 19.1. The first-order chi connectivity index (χ1) is 15.9. The van der Waals surface area contributed by atoms with E-state index in [9.17, 15) is 13.6 Å². The van der Waals surface area contributed by atoms with Gasteiger partial charge in [0.25, 0.3) is 0 Å². The van der Waals surface area contributed by atoms with Crippen molar-refractivity contribution in [2.75, 3.05) is 0 Å². The third-order valence-corrected chi connectivity index (χ3v) is 6.73. The Morgan fingerprint density at radius 1 is 1.12 bits per heavy atom. The van der Waals surface area contributed by atoms with Crippen molar-refractivity contribution in [2.24, 2.45) is 5.92 Å². The Labute approximate surface area is 195 Å². The Balaban J connectivity index is 1.48. The summed E-state index contributed by atoms with van der Waals surface area (Å²) in [7, 11) is 0. The molecule has 2 aromatic carbocycles. The van der Waals surface area contributed by atoms with E-state index in [1.54, 1.807) is 6.08 Å². The molecule has 0 saturated heterocycles. The van der Waals surface area contributed by atoms with Gasteiger partial charge in [0.2, 0.25) is 0 Å². The molecule has 33 heavy (non-hydrogen) atoms. The van der Waals surface area contributed by atoms with Gasteiger partial charge in [-0.25, -0.2) is 8.78 Å². The van der Waals surface area contributed by atoms with Crippen molar-refractivity contribution >= 4 is 5.78 Å². The summed E-state index contributed by atoms with van der Waals surface area (Å²) in [5.41, 5.74) is 7.25. The van der Waals surface area contributed by atoms with Gasteiger partial charge in [-0.1, -0.05) is 65.8 Å². The second-order valence-corrected chi connectivity index (χ2v) is 9.30. The molecule has 1 nitrogen and oxygen atoms in total. The van der Waals surface area contributed by atoms with Gasteiger partial charge in [0.1, 0.15) is 11.6 Å². The summed E-state index contributed by atoms with van der Waals surface area (Å²) in [5, 5.41) is 0. The first-order valence-corrected chi connectivity index (χ1v) is 11.7. The molecule has 0 spiro atoms. The van der Waals surface area contributed by atoms with E-state index in [-0.39, 0.29) is 24.5 Å². The van der Waals surface area contributed by atoms with Gasteiger partial charge in [0.05, 0.1) is 0 Å². The summed E-state index contributed by atoms with van der Waals surface area (Å²) in [4.78, 5) is 12.5. The lowest BCUT2D eigenvalue weighted by Crippen LogP contribution is -2.19. The van der Waals surface area contributed by atoms with E-state index in [2.05, 4.69) is 56.3 Å². The van der Waals surface area contributed by atoms with Crippen LogP contribution in [0.4, 0.5) is 8.78 Å². The van der Waals surface area contributed by atoms with Crippen LogP contribution >= 0.6 is 0 Å². The Bertz CT molecular complexity index is 1170. The molecule has 0 aromatic heterocycles. The summed E-state index contributed by atoms with van der Waals surface area (Å²) >= 11 is 0. The van der Waals surface area contributed by atoms with Gasteiger partial charge >= 0.3 is 0 Å². The lowest BCUT2D eigenvalue weighted by atomic mass is 9.72. The van der Waals surface area contributed by atoms with Crippen LogP contribution in [-0.2, 0) is 17.6 Å². The molecule has 2 aliphatic carbocycles. The Morgan fingerprint density at radius 2 is 1.94 bits per heavy atom. The largest absolute Gasteiger partial charge is 0.295 e. The van der Waals surface area contributed by atoms with Gasteiger partial charge in [0, 0.05) is 18.4 Å². The topological polar surface area (TPSA) is 17.1 Å². The highest BCUT2D eigenvalue weighted by molar-refractivity contribution is 5.89. The average Bonchev–Trinajstić information content (AvgIpc) is 2.96. The van der Waals surface area contributed by atoms with Crippen LogP contribution < -0.4 is 0 Å². The summed E-state index contributed by atoms with van der Waals surface area (Å²) in [6.45, 7) is 4.39. The molecular formula is C30H30F2O. The van der Waals surface area contributed by atoms with Gasteiger partial charge < -0.3 is 0 Å². The van der Waals surface area contributed by atoms with Crippen LogP contribution in [0.5, 0.6) is 0 Å². The van der Waals surface area contributed by atoms with Gasteiger partial charge in [-0.05, 0) is 79.9 Å². The Morgan fingerprint density at radius 3 is 2.76 bits per heavy atom. The fourth-order valence-electron chi connectivity index (χ4n) is 5.06. The number of carbonyl (C=O) groups is 1. The van der Waals surface area contributed by atoms with Crippen molar-refractivity contribution in [3.8, 4) is 0 Å². The minimum Gasteiger partial charge on any atom is -0.295 e. The number of ketones is 1. The molecule has 2 aliphatic rings. The van der Waals surface area contributed by atoms with Crippen LogP contribution in [0.3, 0.4) is 0 Å². The fourth-order valence-corrected chi connectivity index (χ4v) is 5.06. The minimum atomic E-state index is -0.602. The SMILES string of the molecule is CC1=CC=CC(C2CC(/C=C/C(=O)CCc3ccc(F)cc3F)Cc3ccccc32)=C(C)C1. The molecule has 0 fully saturated rings. The molecule has 4 rings (SSSR count). The van der Waals surface area contributed by atoms with Crippen molar-refractivity contribution in [1.82, 2.24) is 0 Å². The van der Waals surface area contributed by atoms with E-state index in [0.717, 1.165) is 25.3 Å². The first-order valence-electron chi connectivity index (χ1n) is 11.7. The van der Waals surface area contributed by atoms with Crippen molar-refractivity contribution in [3.05, 3.63) is 118 Å². The number of benzene rings is 2. The van der Waals surface area contributed by atoms with Gasteiger partial charge in [0.15, 0.2) is 5.78 Å². The molecule has 0 amide bonds. The molecule has 0 heterocycles. The first kappa shape index (κ1) is 23.1. The molecule has 2 atom stereocenters. The maximum absolute atomic E-state index is 13.8. The Kier molecular flexibility index (Phi) is 7.17. The standard InChI is InChI=1S/C30H30F2O/c1-20-6-5-9-27(21(2)16-20)29-18-22(17-24-7-3-4-8-28(24)29)10-14-26(33)15-12-23-11-13-25(31)19-30(23)32/h3-11,13-14,19,22,29H,12,15-18H2,1-2H3/b14-10+. The lowest BCUT2D eigenvalue weighted by Gasteiger charge is -2.32. The maximum Gasteiger partial charge on any atom is 0.155 e. The molecular weight excluding hydrogens is 414 g/mol. The van der Waals surface area contributed by atoms with Crippen LogP contribution in [0, 0.1) is 17.6 Å². The maximum atomic E-state index is 13.8. The van der Waals surface area contributed by atoms with Crippen LogP contribution in [0.1, 0.15) is 55.7 Å². The highest BCUT2D eigenvalue weighted by Crippen LogP contribution is 2.42. The molecule has 2 unspecified atom stereocenters. The summed E-state index contributed by atoms with van der Waals surface area (Å²) in [5.74, 6) is -0.651. The van der Waals surface area contributed by atoms with Gasteiger partial charge in [-0.2, -0.15) is 0 Å². The van der Waals surface area contributed by atoms with E-state index in [4.69, 9.17) is 0 Å². The number of hydrogen-bond acceptors (Lipinski definition) is 1. The number of halogens is 2. The zero-order valence-corrected chi connectivity index (χ0v) is 19.3.